The lowest BCUT2D eigenvalue weighted by atomic mass is 10.0. The van der Waals surface area contributed by atoms with Crippen LogP contribution in [0.1, 0.15) is 31.2 Å². The van der Waals surface area contributed by atoms with Crippen molar-refractivity contribution in [3.63, 3.8) is 0 Å². The number of pyridine rings is 1. The van der Waals surface area contributed by atoms with Crippen molar-refractivity contribution >= 4 is 6.03 Å². The Hall–Kier alpha value is -1.88. The van der Waals surface area contributed by atoms with Crippen LogP contribution in [-0.4, -0.2) is 40.2 Å². The van der Waals surface area contributed by atoms with Gasteiger partial charge < -0.3 is 15.3 Å². The van der Waals surface area contributed by atoms with Gasteiger partial charge in [-0.05, 0) is 43.4 Å². The highest BCUT2D eigenvalue weighted by Gasteiger charge is 2.17. The van der Waals surface area contributed by atoms with Crippen LogP contribution >= 0.6 is 0 Å². The fourth-order valence-electron chi connectivity index (χ4n) is 2.41. The van der Waals surface area contributed by atoms with E-state index in [1.54, 1.807) is 17.3 Å². The molecule has 2 rings (SSSR count). The van der Waals surface area contributed by atoms with E-state index in [0.29, 0.717) is 19.5 Å². The number of rotatable bonds is 6. The Balaban J connectivity index is 1.95. The first-order chi connectivity index (χ1) is 10.3. The number of amides is 2. The number of aromatic nitrogens is 1. The van der Waals surface area contributed by atoms with Crippen molar-refractivity contribution in [1.82, 2.24) is 15.2 Å². The molecule has 1 aliphatic rings. The van der Waals surface area contributed by atoms with Gasteiger partial charge in [0.05, 0.1) is 0 Å². The molecular weight excluding hydrogens is 266 g/mol. The van der Waals surface area contributed by atoms with Gasteiger partial charge in [-0.3, -0.25) is 4.98 Å². The van der Waals surface area contributed by atoms with E-state index in [-0.39, 0.29) is 18.7 Å². The van der Waals surface area contributed by atoms with E-state index in [1.807, 2.05) is 12.1 Å². The number of hydrogen-bond acceptors (Lipinski definition) is 3. The first kappa shape index (κ1) is 15.5. The summed E-state index contributed by atoms with van der Waals surface area (Å²) in [4.78, 5) is 18.1. The number of carbonyl (C=O) groups is 1. The van der Waals surface area contributed by atoms with Crippen molar-refractivity contribution in [2.24, 2.45) is 0 Å². The molecule has 0 saturated carbocycles. The Bertz CT molecular complexity index is 462. The molecule has 2 N–H and O–H groups in total. The summed E-state index contributed by atoms with van der Waals surface area (Å²) in [6.45, 7) is 1.16. The average molecular weight is 289 g/mol. The monoisotopic (exact) mass is 289 g/mol. The molecule has 5 heteroatoms. The molecule has 0 radical (unpaired) electrons. The molecule has 0 aliphatic heterocycles. The molecule has 1 aromatic rings. The lowest BCUT2D eigenvalue weighted by Gasteiger charge is -2.26. The Labute approximate surface area is 125 Å². The van der Waals surface area contributed by atoms with E-state index in [1.165, 1.54) is 0 Å². The number of nitrogens with one attached hydrogen (secondary N) is 1. The molecule has 0 fully saturated rings. The van der Waals surface area contributed by atoms with Gasteiger partial charge in [-0.25, -0.2) is 4.79 Å². The van der Waals surface area contributed by atoms with Crippen molar-refractivity contribution in [2.75, 3.05) is 13.2 Å². The van der Waals surface area contributed by atoms with Gasteiger partial charge >= 0.3 is 6.03 Å². The zero-order valence-corrected chi connectivity index (χ0v) is 12.2. The third kappa shape index (κ3) is 5.19. The van der Waals surface area contributed by atoms with Crippen LogP contribution in [0, 0.1) is 0 Å². The highest BCUT2D eigenvalue weighted by atomic mass is 16.3. The van der Waals surface area contributed by atoms with Crippen molar-refractivity contribution in [2.45, 2.75) is 38.3 Å². The highest BCUT2D eigenvalue weighted by Crippen LogP contribution is 2.11. The van der Waals surface area contributed by atoms with E-state index in [0.717, 1.165) is 24.8 Å². The second-order valence-corrected chi connectivity index (χ2v) is 5.27. The summed E-state index contributed by atoms with van der Waals surface area (Å²) in [6, 6.07) is 3.86. The van der Waals surface area contributed by atoms with Crippen molar-refractivity contribution in [1.29, 1.82) is 0 Å². The van der Waals surface area contributed by atoms with Gasteiger partial charge in [-0.1, -0.05) is 12.2 Å². The zero-order chi connectivity index (χ0) is 14.9. The minimum atomic E-state index is -0.0724. The standard InChI is InChI=1S/C16H23N3O2/c20-12-4-11-19(13-14-7-9-17-10-8-14)16(21)18-15-5-2-1-3-6-15/h2,5,7-10,15,20H,1,3-4,6,11-13H2,(H,18,21). The highest BCUT2D eigenvalue weighted by molar-refractivity contribution is 5.74. The second-order valence-electron chi connectivity index (χ2n) is 5.27. The topological polar surface area (TPSA) is 65.5 Å². The normalized spacial score (nSPS) is 17.5. The number of urea groups is 1. The van der Waals surface area contributed by atoms with Crippen LogP contribution in [0.15, 0.2) is 36.7 Å². The van der Waals surface area contributed by atoms with E-state index in [9.17, 15) is 4.79 Å². The molecule has 21 heavy (non-hydrogen) atoms. The predicted molar refractivity (Wildman–Crippen MR) is 81.7 cm³/mol. The zero-order valence-electron chi connectivity index (χ0n) is 12.2. The van der Waals surface area contributed by atoms with E-state index >= 15 is 0 Å². The SMILES string of the molecule is O=C(NC1C=CCCC1)N(CCCO)Cc1ccncc1. The van der Waals surface area contributed by atoms with E-state index in [2.05, 4.69) is 22.5 Å². The molecule has 1 unspecified atom stereocenters. The Morgan fingerprint density at radius 3 is 2.90 bits per heavy atom. The lowest BCUT2D eigenvalue weighted by molar-refractivity contribution is 0.184. The Morgan fingerprint density at radius 2 is 2.24 bits per heavy atom. The molecule has 0 aromatic carbocycles. The fraction of sp³-hybridized carbons (Fsp3) is 0.500. The van der Waals surface area contributed by atoms with E-state index < -0.39 is 0 Å². The second kappa shape index (κ2) is 8.42. The van der Waals surface area contributed by atoms with Crippen LogP contribution < -0.4 is 5.32 Å². The molecule has 1 aliphatic carbocycles. The molecule has 0 saturated heterocycles. The summed E-state index contributed by atoms with van der Waals surface area (Å²) in [5, 5.41) is 12.1. The molecular formula is C16H23N3O2. The summed E-state index contributed by atoms with van der Waals surface area (Å²) < 4.78 is 0. The summed E-state index contributed by atoms with van der Waals surface area (Å²) in [5.41, 5.74) is 1.04. The molecule has 0 spiro atoms. The molecule has 1 atom stereocenters. The first-order valence-corrected chi connectivity index (χ1v) is 7.51. The quantitative estimate of drug-likeness (QED) is 0.788. The van der Waals surface area contributed by atoms with Crippen LogP contribution in [-0.2, 0) is 6.54 Å². The van der Waals surface area contributed by atoms with Gasteiger partial charge in [0.15, 0.2) is 0 Å². The van der Waals surface area contributed by atoms with Gasteiger partial charge in [-0.2, -0.15) is 0 Å². The van der Waals surface area contributed by atoms with Crippen molar-refractivity contribution in [3.8, 4) is 0 Å². The minimum Gasteiger partial charge on any atom is -0.396 e. The largest absolute Gasteiger partial charge is 0.396 e. The Morgan fingerprint density at radius 1 is 1.43 bits per heavy atom. The lowest BCUT2D eigenvalue weighted by Crippen LogP contribution is -2.44. The number of aliphatic hydroxyl groups is 1. The third-order valence-corrected chi connectivity index (χ3v) is 3.56. The maximum Gasteiger partial charge on any atom is 0.318 e. The van der Waals surface area contributed by atoms with Gasteiger partial charge in [0.1, 0.15) is 0 Å². The molecule has 0 bridgehead atoms. The molecule has 1 aromatic heterocycles. The van der Waals surface area contributed by atoms with E-state index in [4.69, 9.17) is 5.11 Å². The number of allylic oxidation sites excluding steroid dienone is 1. The fourth-order valence-corrected chi connectivity index (χ4v) is 2.41. The summed E-state index contributed by atoms with van der Waals surface area (Å²) in [6.07, 6.45) is 11.4. The van der Waals surface area contributed by atoms with Gasteiger partial charge in [0, 0.05) is 38.1 Å². The van der Waals surface area contributed by atoms with Gasteiger partial charge in [-0.15, -0.1) is 0 Å². The maximum absolute atomic E-state index is 12.4. The molecule has 5 nitrogen and oxygen atoms in total. The van der Waals surface area contributed by atoms with Crippen LogP contribution in [0.2, 0.25) is 0 Å². The predicted octanol–water partition coefficient (Wildman–Crippen LogP) is 2.08. The average Bonchev–Trinajstić information content (AvgIpc) is 2.53. The van der Waals surface area contributed by atoms with Gasteiger partial charge in [0.2, 0.25) is 0 Å². The molecule has 114 valence electrons. The van der Waals surface area contributed by atoms with Crippen molar-refractivity contribution < 1.29 is 9.90 Å². The first-order valence-electron chi connectivity index (χ1n) is 7.51. The summed E-state index contributed by atoms with van der Waals surface area (Å²) in [5.74, 6) is 0. The van der Waals surface area contributed by atoms with Crippen LogP contribution in [0.25, 0.3) is 0 Å². The number of aliphatic hydroxyl groups excluding tert-OH is 1. The molecule has 1 heterocycles. The maximum atomic E-state index is 12.4. The van der Waals surface area contributed by atoms with Gasteiger partial charge in [0.25, 0.3) is 0 Å². The number of hydrogen-bond donors (Lipinski definition) is 2. The molecule has 2 amide bonds. The van der Waals surface area contributed by atoms with Crippen LogP contribution in [0.4, 0.5) is 4.79 Å². The third-order valence-electron chi connectivity index (χ3n) is 3.56. The smallest absolute Gasteiger partial charge is 0.318 e. The van der Waals surface area contributed by atoms with Crippen LogP contribution in [0.3, 0.4) is 0 Å². The summed E-state index contributed by atoms with van der Waals surface area (Å²) in [7, 11) is 0. The minimum absolute atomic E-state index is 0.0724. The number of nitrogens with zero attached hydrogens (tertiary/aromatic N) is 2. The summed E-state index contributed by atoms with van der Waals surface area (Å²) >= 11 is 0. The van der Waals surface area contributed by atoms with Crippen LogP contribution in [0.5, 0.6) is 0 Å². The number of carbonyl (C=O) groups excluding carboxylic acids is 1. The van der Waals surface area contributed by atoms with Crippen molar-refractivity contribution in [3.05, 3.63) is 42.2 Å². The Kier molecular flexibility index (Phi) is 6.22.